The molecule has 0 bridgehead atoms. The third kappa shape index (κ3) is 3.58. The lowest BCUT2D eigenvalue weighted by atomic mass is 9.88. The lowest BCUT2D eigenvalue weighted by Gasteiger charge is -2.15. The van der Waals surface area contributed by atoms with E-state index in [4.69, 9.17) is 0 Å². The minimum Gasteiger partial charge on any atom is -0.192 e. The molecular formula is C37H21NS2. The average Bonchev–Trinajstić information content (AvgIpc) is 3.59. The summed E-state index contributed by atoms with van der Waals surface area (Å²) in [6.07, 6.45) is 0. The van der Waals surface area contributed by atoms with Crippen molar-refractivity contribution in [2.24, 2.45) is 0 Å². The fourth-order valence-electron chi connectivity index (χ4n) is 5.92. The van der Waals surface area contributed by atoms with E-state index >= 15 is 0 Å². The smallest absolute Gasteiger partial charge is 0.0991 e. The van der Waals surface area contributed by atoms with Crippen LogP contribution in [0, 0.1) is 11.3 Å². The third-order valence-corrected chi connectivity index (χ3v) is 10.0. The highest BCUT2D eigenvalue weighted by atomic mass is 32.1. The summed E-state index contributed by atoms with van der Waals surface area (Å²) in [5.74, 6) is 0. The van der Waals surface area contributed by atoms with Gasteiger partial charge in [-0.05, 0) is 75.8 Å². The van der Waals surface area contributed by atoms with Crippen LogP contribution in [0.2, 0.25) is 0 Å². The Hall–Kier alpha value is -4.75. The second kappa shape index (κ2) is 9.17. The van der Waals surface area contributed by atoms with E-state index in [-0.39, 0.29) is 0 Å². The van der Waals surface area contributed by atoms with E-state index in [1.807, 2.05) is 34.8 Å². The van der Waals surface area contributed by atoms with Crippen LogP contribution in [0.1, 0.15) is 5.56 Å². The maximum absolute atomic E-state index is 9.44. The van der Waals surface area contributed by atoms with Gasteiger partial charge in [0, 0.05) is 40.3 Å². The molecule has 0 spiro atoms. The molecule has 0 amide bonds. The second-order valence-electron chi connectivity index (χ2n) is 10.0. The zero-order valence-electron chi connectivity index (χ0n) is 21.4. The van der Waals surface area contributed by atoms with Gasteiger partial charge < -0.3 is 0 Å². The zero-order valence-corrected chi connectivity index (χ0v) is 23.0. The van der Waals surface area contributed by atoms with Gasteiger partial charge in [-0.15, -0.1) is 22.7 Å². The number of benzene rings is 6. The molecule has 6 aromatic carbocycles. The Morgan fingerprint density at radius 2 is 0.975 bits per heavy atom. The van der Waals surface area contributed by atoms with Crippen LogP contribution in [0.15, 0.2) is 127 Å². The zero-order chi connectivity index (χ0) is 26.6. The minimum atomic E-state index is 0.668. The van der Waals surface area contributed by atoms with Gasteiger partial charge in [-0.3, -0.25) is 0 Å². The molecule has 3 heteroatoms. The topological polar surface area (TPSA) is 23.8 Å². The number of nitrogens with zero attached hydrogens (tertiary/aromatic N) is 1. The van der Waals surface area contributed by atoms with Gasteiger partial charge in [0.1, 0.15) is 0 Å². The summed E-state index contributed by atoms with van der Waals surface area (Å²) in [5.41, 5.74) is 7.82. The quantitative estimate of drug-likeness (QED) is 0.217. The van der Waals surface area contributed by atoms with Gasteiger partial charge in [0.25, 0.3) is 0 Å². The average molecular weight is 544 g/mol. The van der Waals surface area contributed by atoms with Crippen LogP contribution >= 0.6 is 22.7 Å². The molecular weight excluding hydrogens is 523 g/mol. The van der Waals surface area contributed by atoms with Crippen LogP contribution in [0.25, 0.3) is 73.7 Å². The Kier molecular flexibility index (Phi) is 5.31. The number of hydrogen-bond donors (Lipinski definition) is 0. The molecule has 1 nitrogen and oxygen atoms in total. The van der Waals surface area contributed by atoms with Crippen molar-refractivity contribution in [3.63, 3.8) is 0 Å². The van der Waals surface area contributed by atoms with Crippen LogP contribution in [0.4, 0.5) is 0 Å². The molecule has 0 unspecified atom stereocenters. The summed E-state index contributed by atoms with van der Waals surface area (Å²) in [6.45, 7) is 0. The van der Waals surface area contributed by atoms with Gasteiger partial charge in [-0.25, -0.2) is 0 Å². The molecule has 40 heavy (non-hydrogen) atoms. The van der Waals surface area contributed by atoms with Crippen molar-refractivity contribution >= 4 is 63.0 Å². The monoisotopic (exact) mass is 543 g/mol. The maximum Gasteiger partial charge on any atom is 0.0991 e. The van der Waals surface area contributed by atoms with E-state index in [1.54, 1.807) is 0 Å². The van der Waals surface area contributed by atoms with Gasteiger partial charge in [0.2, 0.25) is 0 Å². The first-order chi connectivity index (χ1) is 19.8. The molecule has 0 fully saturated rings. The summed E-state index contributed by atoms with van der Waals surface area (Å²) < 4.78 is 5.21. The molecule has 186 valence electrons. The predicted molar refractivity (Wildman–Crippen MR) is 173 cm³/mol. The molecule has 2 aromatic heterocycles. The van der Waals surface area contributed by atoms with Gasteiger partial charge >= 0.3 is 0 Å². The van der Waals surface area contributed by atoms with Crippen LogP contribution in [0.5, 0.6) is 0 Å². The van der Waals surface area contributed by atoms with Gasteiger partial charge in [0.05, 0.1) is 11.6 Å². The van der Waals surface area contributed by atoms with Gasteiger partial charge in [-0.1, -0.05) is 84.9 Å². The Morgan fingerprint density at radius 1 is 0.425 bits per heavy atom. The van der Waals surface area contributed by atoms with Gasteiger partial charge in [-0.2, -0.15) is 5.26 Å². The van der Waals surface area contributed by atoms with Crippen molar-refractivity contribution in [1.29, 1.82) is 5.26 Å². The summed E-state index contributed by atoms with van der Waals surface area (Å²) in [7, 11) is 0. The molecule has 2 heterocycles. The highest BCUT2D eigenvalue weighted by Crippen LogP contribution is 2.45. The predicted octanol–water partition coefficient (Wildman–Crippen LogP) is 11.3. The molecule has 0 radical (unpaired) electrons. The number of nitriles is 1. The Morgan fingerprint density at radius 3 is 1.62 bits per heavy atom. The highest BCUT2D eigenvalue weighted by molar-refractivity contribution is 7.26. The Balaban J connectivity index is 1.42. The van der Waals surface area contributed by atoms with Crippen LogP contribution < -0.4 is 0 Å². The molecule has 0 aliphatic rings. The molecule has 0 N–H and O–H groups in total. The van der Waals surface area contributed by atoms with E-state index in [2.05, 4.69) is 121 Å². The number of fused-ring (bicyclic) bond motifs is 6. The molecule has 0 atom stereocenters. The van der Waals surface area contributed by atoms with E-state index in [9.17, 15) is 5.26 Å². The first-order valence-electron chi connectivity index (χ1n) is 13.2. The lowest BCUT2D eigenvalue weighted by Crippen LogP contribution is -1.89. The van der Waals surface area contributed by atoms with Crippen molar-refractivity contribution in [3.8, 4) is 39.4 Å². The summed E-state index contributed by atoms with van der Waals surface area (Å²) >= 11 is 3.69. The maximum atomic E-state index is 9.44. The number of rotatable bonds is 3. The Bertz CT molecular complexity index is 2280. The summed E-state index contributed by atoms with van der Waals surface area (Å²) in [4.78, 5) is 0. The molecule has 8 rings (SSSR count). The van der Waals surface area contributed by atoms with Crippen molar-refractivity contribution in [3.05, 3.63) is 133 Å². The molecule has 0 aliphatic carbocycles. The van der Waals surface area contributed by atoms with E-state index in [1.165, 1.54) is 68.2 Å². The second-order valence-corrected chi connectivity index (χ2v) is 12.2. The fourth-order valence-corrected chi connectivity index (χ4v) is 8.19. The van der Waals surface area contributed by atoms with Crippen molar-refractivity contribution < 1.29 is 0 Å². The van der Waals surface area contributed by atoms with Gasteiger partial charge in [0.15, 0.2) is 0 Å². The van der Waals surface area contributed by atoms with Crippen LogP contribution in [0.3, 0.4) is 0 Å². The van der Waals surface area contributed by atoms with Crippen molar-refractivity contribution in [1.82, 2.24) is 0 Å². The molecule has 0 aliphatic heterocycles. The normalized spacial score (nSPS) is 11.5. The van der Waals surface area contributed by atoms with E-state index < -0.39 is 0 Å². The summed E-state index contributed by atoms with van der Waals surface area (Å²) in [5, 5.41) is 14.7. The Labute approximate surface area is 239 Å². The molecule has 8 aromatic rings. The number of thiophene rings is 2. The van der Waals surface area contributed by atoms with E-state index in [0.29, 0.717) is 5.56 Å². The standard InChI is InChI=1S/C37H21NS2/c38-22-23-15-17-24(18-16-23)31-21-25(26-9-5-13-34-36(26)29-7-1-3-11-32(29)39-34)19-20-27(31)28-10-6-14-35-37(28)30-8-2-4-12-33(30)40-35/h1-21H. The molecule has 0 saturated heterocycles. The van der Waals surface area contributed by atoms with Crippen molar-refractivity contribution in [2.75, 3.05) is 0 Å². The SMILES string of the molecule is N#Cc1ccc(-c2cc(-c3cccc4sc5ccccc5c34)ccc2-c2cccc3sc4ccccc4c23)cc1. The van der Waals surface area contributed by atoms with Crippen LogP contribution in [-0.4, -0.2) is 0 Å². The molecule has 0 saturated carbocycles. The first-order valence-corrected chi connectivity index (χ1v) is 14.9. The number of hydrogen-bond acceptors (Lipinski definition) is 3. The van der Waals surface area contributed by atoms with Crippen LogP contribution in [-0.2, 0) is 0 Å². The fraction of sp³-hybridized carbons (Fsp3) is 0. The third-order valence-electron chi connectivity index (χ3n) is 7.75. The minimum absolute atomic E-state index is 0.668. The first kappa shape index (κ1) is 23.2. The van der Waals surface area contributed by atoms with Crippen molar-refractivity contribution in [2.45, 2.75) is 0 Å². The largest absolute Gasteiger partial charge is 0.192 e. The highest BCUT2D eigenvalue weighted by Gasteiger charge is 2.17. The van der Waals surface area contributed by atoms with E-state index in [0.717, 1.165) is 5.56 Å². The lowest BCUT2D eigenvalue weighted by molar-refractivity contribution is 1.48. The summed E-state index contributed by atoms with van der Waals surface area (Å²) in [6, 6.07) is 47.8.